The van der Waals surface area contributed by atoms with Crippen LogP contribution in [0.1, 0.15) is 5.82 Å². The summed E-state index contributed by atoms with van der Waals surface area (Å²) in [6.07, 6.45) is -4.80. The van der Waals surface area contributed by atoms with E-state index < -0.39 is 24.3 Å². The highest BCUT2D eigenvalue weighted by Crippen LogP contribution is 2.29. The van der Waals surface area contributed by atoms with Crippen LogP contribution in [0.15, 0.2) is 73.3 Å². The maximum absolute atomic E-state index is 10.6. The molecule has 0 spiro atoms. The number of hydrogen-bond acceptors (Lipinski definition) is 9. The molecule has 0 aliphatic heterocycles. The Morgan fingerprint density at radius 3 is 2.00 bits per heavy atom. The van der Waals surface area contributed by atoms with Crippen molar-refractivity contribution in [3.8, 4) is 16.8 Å². The van der Waals surface area contributed by atoms with Gasteiger partial charge in [0.15, 0.2) is 0 Å². The molecule has 3 aromatic heterocycles. The third-order valence-corrected chi connectivity index (χ3v) is 5.60. The summed E-state index contributed by atoms with van der Waals surface area (Å²) in [4.78, 5) is 37.7. The van der Waals surface area contributed by atoms with E-state index in [0.29, 0.717) is 5.95 Å². The minimum absolute atomic E-state index is 0.538. The minimum atomic E-state index is -5.08. The van der Waals surface area contributed by atoms with E-state index in [0.717, 1.165) is 45.0 Å². The summed E-state index contributed by atoms with van der Waals surface area (Å²) < 4.78 is 65.2. The zero-order valence-corrected chi connectivity index (χ0v) is 24.0. The van der Waals surface area contributed by atoms with Gasteiger partial charge in [0.05, 0.1) is 11.2 Å². The molecule has 0 saturated carbocycles. The number of hydrogen-bond donors (Lipinski definition) is 3. The number of halogens is 6. The molecule has 18 heteroatoms. The number of nitrogens with one attached hydrogen (secondary N) is 1. The molecule has 3 heterocycles. The fourth-order valence-electron chi connectivity index (χ4n) is 3.48. The molecule has 0 saturated heterocycles. The van der Waals surface area contributed by atoms with E-state index in [1.54, 1.807) is 11.0 Å². The van der Waals surface area contributed by atoms with E-state index in [2.05, 4.69) is 37.5 Å². The Labute approximate surface area is 256 Å². The largest absolute Gasteiger partial charge is 0.490 e. The standard InChI is InChI=1S/C24H22N8.2C2HF3O2/c1-16-27-15-32(30-16)20-9-7-19(8-10-20)28-24-26-14-18-5-4-6-21(23(18)29-24)17-11-12-25-22(13-17)31(2)3;2*3-2(4,5)1(6)7/h4-15H,1-3H3,(H,26,28,29);2*(H,6,7). The van der Waals surface area contributed by atoms with Gasteiger partial charge in [0.2, 0.25) is 5.95 Å². The quantitative estimate of drug-likeness (QED) is 0.202. The van der Waals surface area contributed by atoms with E-state index in [1.807, 2.05) is 80.8 Å². The first-order chi connectivity index (χ1) is 21.5. The van der Waals surface area contributed by atoms with Gasteiger partial charge in [-0.25, -0.2) is 34.2 Å². The Balaban J connectivity index is 0.000000345. The summed E-state index contributed by atoms with van der Waals surface area (Å²) in [7, 11) is 3.96. The maximum Gasteiger partial charge on any atom is 0.490 e. The third-order valence-electron chi connectivity index (χ3n) is 5.60. The lowest BCUT2D eigenvalue weighted by Gasteiger charge is -2.13. The smallest absolute Gasteiger partial charge is 0.475 e. The molecule has 5 rings (SSSR count). The average molecular weight is 651 g/mol. The van der Waals surface area contributed by atoms with Crippen LogP contribution in [0.4, 0.5) is 43.8 Å². The van der Waals surface area contributed by atoms with Gasteiger partial charge in [-0.1, -0.05) is 18.2 Å². The number of aryl methyl sites for hydroxylation is 1. The van der Waals surface area contributed by atoms with Crippen molar-refractivity contribution in [3.63, 3.8) is 0 Å². The van der Waals surface area contributed by atoms with Crippen LogP contribution in [-0.4, -0.2) is 78.3 Å². The van der Waals surface area contributed by atoms with Gasteiger partial charge in [0, 0.05) is 43.1 Å². The molecule has 242 valence electrons. The number of fused-ring (bicyclic) bond motifs is 1. The van der Waals surface area contributed by atoms with E-state index >= 15 is 0 Å². The van der Waals surface area contributed by atoms with Gasteiger partial charge < -0.3 is 20.4 Å². The average Bonchev–Trinajstić information content (AvgIpc) is 3.43. The molecule has 3 N–H and O–H groups in total. The highest BCUT2D eigenvalue weighted by atomic mass is 19.4. The summed E-state index contributed by atoms with van der Waals surface area (Å²) >= 11 is 0. The number of carbonyl (C=O) groups is 2. The van der Waals surface area contributed by atoms with E-state index in [-0.39, 0.29) is 0 Å². The van der Waals surface area contributed by atoms with Gasteiger partial charge in [-0.3, -0.25) is 0 Å². The Bertz CT molecular complexity index is 1780. The van der Waals surface area contributed by atoms with E-state index in [9.17, 15) is 26.3 Å². The number of anilines is 3. The lowest BCUT2D eigenvalue weighted by molar-refractivity contribution is -0.193. The second-order valence-corrected chi connectivity index (χ2v) is 9.25. The lowest BCUT2D eigenvalue weighted by Crippen LogP contribution is -2.21. The van der Waals surface area contributed by atoms with Crippen molar-refractivity contribution in [2.45, 2.75) is 19.3 Å². The molecule has 46 heavy (non-hydrogen) atoms. The number of alkyl halides is 6. The summed E-state index contributed by atoms with van der Waals surface area (Å²) in [6, 6.07) is 18.1. The highest BCUT2D eigenvalue weighted by Gasteiger charge is 2.38. The second kappa shape index (κ2) is 14.3. The van der Waals surface area contributed by atoms with Crippen LogP contribution in [0.3, 0.4) is 0 Å². The van der Waals surface area contributed by atoms with Gasteiger partial charge in [-0.2, -0.15) is 31.4 Å². The molecule has 0 aliphatic carbocycles. The number of benzene rings is 2. The molecular formula is C28H24F6N8O4. The summed E-state index contributed by atoms with van der Waals surface area (Å²) in [5, 5.41) is 22.9. The van der Waals surface area contributed by atoms with Crippen LogP contribution < -0.4 is 10.2 Å². The summed E-state index contributed by atoms with van der Waals surface area (Å²) in [5.74, 6) is -3.34. The molecule has 0 amide bonds. The molecule has 0 bridgehead atoms. The molecular weight excluding hydrogens is 626 g/mol. The number of carboxylic acids is 2. The molecule has 0 aliphatic rings. The van der Waals surface area contributed by atoms with Crippen molar-refractivity contribution in [2.75, 3.05) is 24.3 Å². The fraction of sp³-hybridized carbons (Fsp3) is 0.179. The highest BCUT2D eigenvalue weighted by molar-refractivity contribution is 5.94. The van der Waals surface area contributed by atoms with Gasteiger partial charge in [0.25, 0.3) is 0 Å². The number of aromatic nitrogens is 6. The van der Waals surface area contributed by atoms with Crippen molar-refractivity contribution in [2.24, 2.45) is 0 Å². The van der Waals surface area contributed by atoms with Gasteiger partial charge in [0.1, 0.15) is 18.0 Å². The third kappa shape index (κ3) is 9.60. The van der Waals surface area contributed by atoms with Crippen LogP contribution in [0.5, 0.6) is 0 Å². The van der Waals surface area contributed by atoms with Crippen LogP contribution >= 0.6 is 0 Å². The molecule has 0 radical (unpaired) electrons. The Morgan fingerprint density at radius 1 is 0.870 bits per heavy atom. The zero-order valence-electron chi connectivity index (χ0n) is 24.0. The minimum Gasteiger partial charge on any atom is -0.475 e. The van der Waals surface area contributed by atoms with Crippen LogP contribution in [0.2, 0.25) is 0 Å². The van der Waals surface area contributed by atoms with Crippen molar-refractivity contribution in [3.05, 3.63) is 79.1 Å². The van der Waals surface area contributed by atoms with Crippen molar-refractivity contribution in [1.29, 1.82) is 0 Å². The first kappa shape index (κ1) is 34.7. The predicted molar refractivity (Wildman–Crippen MR) is 154 cm³/mol. The number of nitrogens with zero attached hydrogens (tertiary/aromatic N) is 7. The fourth-order valence-corrected chi connectivity index (χ4v) is 3.48. The Morgan fingerprint density at radius 2 is 1.48 bits per heavy atom. The first-order valence-corrected chi connectivity index (χ1v) is 12.7. The van der Waals surface area contributed by atoms with E-state index in [1.165, 1.54) is 0 Å². The maximum atomic E-state index is 10.6. The van der Waals surface area contributed by atoms with Crippen molar-refractivity contribution >= 4 is 40.3 Å². The Kier molecular flexibility index (Phi) is 10.8. The van der Waals surface area contributed by atoms with Gasteiger partial charge in [-0.15, -0.1) is 0 Å². The number of para-hydroxylation sites is 1. The van der Waals surface area contributed by atoms with Gasteiger partial charge >= 0.3 is 24.3 Å². The predicted octanol–water partition coefficient (Wildman–Crippen LogP) is 5.66. The van der Waals surface area contributed by atoms with Gasteiger partial charge in [-0.05, 0) is 48.9 Å². The van der Waals surface area contributed by atoms with Crippen LogP contribution in [0, 0.1) is 6.92 Å². The summed E-state index contributed by atoms with van der Waals surface area (Å²) in [6.45, 7) is 1.87. The number of carboxylic acid groups (broad SMARTS) is 2. The zero-order chi connectivity index (χ0) is 34.2. The Hall–Kier alpha value is -5.81. The number of pyridine rings is 1. The molecule has 12 nitrogen and oxygen atoms in total. The van der Waals surface area contributed by atoms with E-state index in [4.69, 9.17) is 24.8 Å². The molecule has 5 aromatic rings. The first-order valence-electron chi connectivity index (χ1n) is 12.7. The number of aliphatic carboxylic acids is 2. The second-order valence-electron chi connectivity index (χ2n) is 9.25. The SMILES string of the molecule is Cc1ncn(-c2ccc(Nc3ncc4cccc(-c5ccnc(N(C)C)c5)c4n3)cc2)n1.O=C(O)C(F)(F)F.O=C(O)C(F)(F)F. The molecule has 0 atom stereocenters. The van der Waals surface area contributed by atoms with Crippen molar-refractivity contribution < 1.29 is 46.1 Å². The molecule has 0 fully saturated rings. The van der Waals surface area contributed by atoms with Crippen molar-refractivity contribution in [1.82, 2.24) is 29.7 Å². The summed E-state index contributed by atoms with van der Waals surface area (Å²) in [5.41, 5.74) is 4.81. The lowest BCUT2D eigenvalue weighted by atomic mass is 10.0. The van der Waals surface area contributed by atoms with Crippen LogP contribution in [-0.2, 0) is 9.59 Å². The normalized spacial score (nSPS) is 11.1. The topological polar surface area (TPSA) is 159 Å². The molecule has 0 unspecified atom stereocenters. The van der Waals surface area contributed by atoms with Crippen LogP contribution in [0.25, 0.3) is 27.7 Å². The number of rotatable bonds is 5. The molecule has 2 aromatic carbocycles. The monoisotopic (exact) mass is 650 g/mol.